The first-order chi connectivity index (χ1) is 6.93. The number of hydrogen-bond acceptors (Lipinski definition) is 2. The van der Waals surface area contributed by atoms with Crippen molar-refractivity contribution in [3.05, 3.63) is 0 Å². The Bertz CT molecular complexity index is 243. The number of thiocyanates is 1. The van der Waals surface area contributed by atoms with Crippen LogP contribution in [0.3, 0.4) is 0 Å². The van der Waals surface area contributed by atoms with E-state index < -0.39 is 0 Å². The lowest BCUT2D eigenvalue weighted by molar-refractivity contribution is 0.167. The predicted octanol–water partition coefficient (Wildman–Crippen LogP) is 4.61. The van der Waals surface area contributed by atoms with E-state index >= 15 is 0 Å². The summed E-state index contributed by atoms with van der Waals surface area (Å²) in [5.74, 6) is 0.841. The highest BCUT2D eigenvalue weighted by molar-refractivity contribution is 14.1. The Morgan fingerprint density at radius 1 is 1.40 bits per heavy atom. The highest BCUT2D eigenvalue weighted by atomic mass is 127. The average molecular weight is 337 g/mol. The standard InChI is InChI=1S/C12H20INS/c1-11(2,3)10-4-6-12(8-13,7-5-10)15-9-14/h10H,4-8H2,1-3H3. The van der Waals surface area contributed by atoms with Gasteiger partial charge in [0.25, 0.3) is 0 Å². The highest BCUT2D eigenvalue weighted by Crippen LogP contribution is 2.47. The smallest absolute Gasteiger partial charge is 0.133 e. The van der Waals surface area contributed by atoms with Gasteiger partial charge in [-0.05, 0) is 48.8 Å². The molecule has 1 rings (SSSR count). The topological polar surface area (TPSA) is 23.8 Å². The van der Waals surface area contributed by atoms with Crippen molar-refractivity contribution in [1.82, 2.24) is 0 Å². The Balaban J connectivity index is 2.58. The molecule has 86 valence electrons. The first kappa shape index (κ1) is 13.6. The SMILES string of the molecule is CC(C)(C)C1CCC(CI)(SC#N)CC1. The van der Waals surface area contributed by atoms with Gasteiger partial charge in [-0.3, -0.25) is 0 Å². The Kier molecular flexibility index (Phi) is 4.79. The van der Waals surface area contributed by atoms with Gasteiger partial charge in [0.05, 0.1) is 0 Å². The molecule has 0 spiro atoms. The quantitative estimate of drug-likeness (QED) is 0.417. The normalized spacial score (nSPS) is 32.3. The van der Waals surface area contributed by atoms with Crippen LogP contribution in [0, 0.1) is 22.0 Å². The van der Waals surface area contributed by atoms with Crippen molar-refractivity contribution in [3.63, 3.8) is 0 Å². The van der Waals surface area contributed by atoms with Crippen molar-refractivity contribution in [3.8, 4) is 5.40 Å². The fraction of sp³-hybridized carbons (Fsp3) is 0.917. The van der Waals surface area contributed by atoms with E-state index in [1.807, 2.05) is 0 Å². The third-order valence-corrected chi connectivity index (χ3v) is 6.68. The monoisotopic (exact) mass is 337 g/mol. The van der Waals surface area contributed by atoms with Crippen molar-refractivity contribution < 1.29 is 0 Å². The summed E-state index contributed by atoms with van der Waals surface area (Å²) in [5, 5.41) is 11.1. The van der Waals surface area contributed by atoms with Gasteiger partial charge in [-0.1, -0.05) is 43.4 Å². The molecule has 0 amide bonds. The molecule has 0 unspecified atom stereocenters. The molecular formula is C12H20INS. The third kappa shape index (κ3) is 3.52. The number of rotatable bonds is 2. The molecule has 0 aromatic carbocycles. The Labute approximate surface area is 112 Å². The maximum absolute atomic E-state index is 8.85. The number of nitrogens with zero attached hydrogens (tertiary/aromatic N) is 1. The maximum atomic E-state index is 8.85. The summed E-state index contributed by atoms with van der Waals surface area (Å²) in [6, 6.07) is 0. The molecule has 0 aromatic heterocycles. The van der Waals surface area contributed by atoms with Crippen molar-refractivity contribution in [2.24, 2.45) is 11.3 Å². The van der Waals surface area contributed by atoms with Gasteiger partial charge in [0.1, 0.15) is 5.40 Å². The van der Waals surface area contributed by atoms with E-state index in [0.29, 0.717) is 5.41 Å². The Morgan fingerprint density at radius 3 is 2.27 bits per heavy atom. The van der Waals surface area contributed by atoms with E-state index in [4.69, 9.17) is 5.26 Å². The van der Waals surface area contributed by atoms with Crippen LogP contribution >= 0.6 is 34.4 Å². The number of halogens is 1. The summed E-state index contributed by atoms with van der Waals surface area (Å²) in [5.41, 5.74) is 0.439. The van der Waals surface area contributed by atoms with Crippen molar-refractivity contribution in [1.29, 1.82) is 5.26 Å². The number of nitriles is 1. The molecule has 1 aliphatic carbocycles. The van der Waals surface area contributed by atoms with E-state index in [0.717, 1.165) is 10.3 Å². The van der Waals surface area contributed by atoms with Crippen LogP contribution in [0.2, 0.25) is 0 Å². The van der Waals surface area contributed by atoms with Gasteiger partial charge in [0.15, 0.2) is 0 Å². The maximum Gasteiger partial charge on any atom is 0.133 e. The first-order valence-electron chi connectivity index (χ1n) is 5.56. The lowest BCUT2D eigenvalue weighted by Crippen LogP contribution is -2.36. The lowest BCUT2D eigenvalue weighted by Gasteiger charge is -2.41. The zero-order chi connectivity index (χ0) is 11.5. The van der Waals surface area contributed by atoms with Gasteiger partial charge in [-0.15, -0.1) is 0 Å². The molecule has 0 aromatic rings. The van der Waals surface area contributed by atoms with Gasteiger partial charge in [-0.25, -0.2) is 0 Å². The molecule has 1 fully saturated rings. The first-order valence-corrected chi connectivity index (χ1v) is 7.91. The molecule has 0 saturated heterocycles. The third-order valence-electron chi connectivity index (χ3n) is 3.63. The van der Waals surface area contributed by atoms with Crippen molar-refractivity contribution in [2.45, 2.75) is 51.2 Å². The summed E-state index contributed by atoms with van der Waals surface area (Å²) in [7, 11) is 0. The molecule has 0 N–H and O–H groups in total. The van der Waals surface area contributed by atoms with Crippen LogP contribution in [0.5, 0.6) is 0 Å². The van der Waals surface area contributed by atoms with Crippen LogP contribution in [-0.4, -0.2) is 9.17 Å². The van der Waals surface area contributed by atoms with Gasteiger partial charge in [0, 0.05) is 9.17 Å². The van der Waals surface area contributed by atoms with Crippen LogP contribution in [0.4, 0.5) is 0 Å². The second-order valence-electron chi connectivity index (χ2n) is 5.65. The highest BCUT2D eigenvalue weighted by Gasteiger charge is 2.38. The molecule has 1 aliphatic rings. The lowest BCUT2D eigenvalue weighted by atomic mass is 9.70. The molecule has 3 heteroatoms. The molecule has 0 heterocycles. The number of thioether (sulfide) groups is 1. The van der Waals surface area contributed by atoms with E-state index in [2.05, 4.69) is 48.8 Å². The average Bonchev–Trinajstić information content (AvgIpc) is 2.17. The van der Waals surface area contributed by atoms with Gasteiger partial charge in [0.2, 0.25) is 0 Å². The minimum Gasteiger partial charge on any atom is -0.185 e. The van der Waals surface area contributed by atoms with Crippen LogP contribution in [-0.2, 0) is 0 Å². The van der Waals surface area contributed by atoms with Crippen LogP contribution < -0.4 is 0 Å². The molecular weight excluding hydrogens is 317 g/mol. The van der Waals surface area contributed by atoms with E-state index in [1.54, 1.807) is 0 Å². The Morgan fingerprint density at radius 2 is 1.93 bits per heavy atom. The summed E-state index contributed by atoms with van der Waals surface area (Å²) in [6.07, 6.45) is 5.02. The molecule has 0 atom stereocenters. The zero-order valence-electron chi connectivity index (χ0n) is 9.85. The summed E-state index contributed by atoms with van der Waals surface area (Å²) < 4.78 is 1.37. The largest absolute Gasteiger partial charge is 0.185 e. The van der Waals surface area contributed by atoms with E-state index in [-0.39, 0.29) is 4.75 Å². The summed E-state index contributed by atoms with van der Waals surface area (Å²) in [4.78, 5) is 0. The molecule has 0 bridgehead atoms. The summed E-state index contributed by atoms with van der Waals surface area (Å²) in [6.45, 7) is 7.02. The van der Waals surface area contributed by atoms with Crippen molar-refractivity contribution in [2.75, 3.05) is 4.43 Å². The zero-order valence-corrected chi connectivity index (χ0v) is 12.8. The second-order valence-corrected chi connectivity index (χ2v) is 7.67. The molecule has 15 heavy (non-hydrogen) atoms. The predicted molar refractivity (Wildman–Crippen MR) is 76.2 cm³/mol. The van der Waals surface area contributed by atoms with Crippen LogP contribution in [0.25, 0.3) is 0 Å². The van der Waals surface area contributed by atoms with Crippen LogP contribution in [0.1, 0.15) is 46.5 Å². The second kappa shape index (κ2) is 5.27. The molecule has 1 saturated carbocycles. The number of alkyl halides is 1. The van der Waals surface area contributed by atoms with E-state index in [1.165, 1.54) is 37.4 Å². The fourth-order valence-corrected chi connectivity index (χ4v) is 4.29. The van der Waals surface area contributed by atoms with Crippen LogP contribution in [0.15, 0.2) is 0 Å². The molecule has 0 radical (unpaired) electrons. The molecule has 0 aliphatic heterocycles. The Hall–Kier alpha value is 0.570. The minimum atomic E-state index is 0.261. The minimum absolute atomic E-state index is 0.261. The molecule has 1 nitrogen and oxygen atoms in total. The summed E-state index contributed by atoms with van der Waals surface area (Å²) >= 11 is 3.95. The van der Waals surface area contributed by atoms with E-state index in [9.17, 15) is 0 Å². The van der Waals surface area contributed by atoms with Crippen molar-refractivity contribution >= 4 is 34.4 Å². The fourth-order valence-electron chi connectivity index (χ4n) is 2.37. The number of hydrogen-bond donors (Lipinski definition) is 0. The van der Waals surface area contributed by atoms with Gasteiger partial charge < -0.3 is 0 Å². The van der Waals surface area contributed by atoms with Gasteiger partial charge in [-0.2, -0.15) is 5.26 Å². The van der Waals surface area contributed by atoms with Gasteiger partial charge >= 0.3 is 0 Å².